The van der Waals surface area contributed by atoms with Crippen LogP contribution in [-0.4, -0.2) is 0 Å². The van der Waals surface area contributed by atoms with Crippen LogP contribution in [0, 0.1) is 11.6 Å². The smallest absolute Gasteiger partial charge is 0.142 e. The second-order valence-corrected chi connectivity index (χ2v) is 4.44. The number of halogens is 4. The number of hydrogen-bond acceptors (Lipinski definition) is 0. The SMILES string of the molecule is Fc1ccc(F)c(Cc2cccc(Cl)c2)c1Cl. The summed E-state index contributed by atoms with van der Waals surface area (Å²) in [6.45, 7) is 0. The lowest BCUT2D eigenvalue weighted by atomic mass is 10.0. The molecule has 2 aromatic rings. The summed E-state index contributed by atoms with van der Waals surface area (Å²) in [5, 5.41) is 0.375. The molecule has 0 fully saturated rings. The molecule has 0 unspecified atom stereocenters. The van der Waals surface area contributed by atoms with Gasteiger partial charge in [0.25, 0.3) is 0 Å². The third-order valence-electron chi connectivity index (χ3n) is 2.41. The van der Waals surface area contributed by atoms with E-state index in [9.17, 15) is 8.78 Å². The van der Waals surface area contributed by atoms with Crippen LogP contribution < -0.4 is 0 Å². The maximum atomic E-state index is 13.5. The Morgan fingerprint density at radius 3 is 2.35 bits per heavy atom. The van der Waals surface area contributed by atoms with Gasteiger partial charge < -0.3 is 0 Å². The average molecular weight is 273 g/mol. The first-order valence-corrected chi connectivity index (χ1v) is 5.70. The largest absolute Gasteiger partial charge is 0.207 e. The molecule has 0 heterocycles. The highest BCUT2D eigenvalue weighted by atomic mass is 35.5. The Morgan fingerprint density at radius 2 is 1.65 bits per heavy atom. The van der Waals surface area contributed by atoms with E-state index in [1.807, 2.05) is 0 Å². The lowest BCUT2D eigenvalue weighted by molar-refractivity contribution is 0.589. The molecule has 17 heavy (non-hydrogen) atoms. The number of benzene rings is 2. The maximum Gasteiger partial charge on any atom is 0.142 e. The van der Waals surface area contributed by atoms with Gasteiger partial charge in [-0.25, -0.2) is 8.78 Å². The Morgan fingerprint density at radius 1 is 0.941 bits per heavy atom. The van der Waals surface area contributed by atoms with Crippen LogP contribution in [0.5, 0.6) is 0 Å². The number of rotatable bonds is 2. The van der Waals surface area contributed by atoms with Crippen LogP contribution in [0.15, 0.2) is 36.4 Å². The Hall–Kier alpha value is -1.12. The minimum atomic E-state index is -0.620. The quantitative estimate of drug-likeness (QED) is 0.685. The molecule has 88 valence electrons. The van der Waals surface area contributed by atoms with E-state index in [1.54, 1.807) is 24.3 Å². The Labute approximate surface area is 108 Å². The maximum absolute atomic E-state index is 13.5. The zero-order valence-electron chi connectivity index (χ0n) is 8.68. The van der Waals surface area contributed by atoms with Crippen molar-refractivity contribution in [1.29, 1.82) is 0 Å². The normalized spacial score (nSPS) is 10.6. The van der Waals surface area contributed by atoms with Crippen molar-refractivity contribution >= 4 is 23.2 Å². The third kappa shape index (κ3) is 2.76. The van der Waals surface area contributed by atoms with E-state index < -0.39 is 11.6 Å². The van der Waals surface area contributed by atoms with Crippen LogP contribution in [0.2, 0.25) is 10.0 Å². The Balaban J connectivity index is 2.39. The highest BCUT2D eigenvalue weighted by Crippen LogP contribution is 2.26. The molecule has 0 radical (unpaired) electrons. The molecule has 0 atom stereocenters. The fourth-order valence-electron chi connectivity index (χ4n) is 1.58. The third-order valence-corrected chi connectivity index (χ3v) is 3.05. The average Bonchev–Trinajstić information content (AvgIpc) is 2.30. The zero-order chi connectivity index (χ0) is 12.4. The minimum absolute atomic E-state index is 0.147. The van der Waals surface area contributed by atoms with Gasteiger partial charge >= 0.3 is 0 Å². The molecule has 2 aromatic carbocycles. The lowest BCUT2D eigenvalue weighted by Gasteiger charge is -2.07. The van der Waals surface area contributed by atoms with Gasteiger partial charge in [0.15, 0.2) is 0 Å². The molecule has 0 amide bonds. The summed E-state index contributed by atoms with van der Waals surface area (Å²) in [5.74, 6) is -1.14. The summed E-state index contributed by atoms with van der Waals surface area (Å²) in [5.41, 5.74) is 0.929. The first-order chi connectivity index (χ1) is 8.08. The Bertz CT molecular complexity index is 553. The predicted octanol–water partition coefficient (Wildman–Crippen LogP) is 4.86. The number of hydrogen-bond donors (Lipinski definition) is 0. The van der Waals surface area contributed by atoms with E-state index in [-0.39, 0.29) is 17.0 Å². The fraction of sp³-hybridized carbons (Fsp3) is 0.0769. The van der Waals surface area contributed by atoms with E-state index in [2.05, 4.69) is 0 Å². The molecule has 2 rings (SSSR count). The molecule has 0 spiro atoms. The molecular weight excluding hydrogens is 265 g/mol. The van der Waals surface area contributed by atoms with Crippen molar-refractivity contribution in [2.45, 2.75) is 6.42 Å². The standard InChI is InChI=1S/C13H8Cl2F2/c14-9-3-1-2-8(6-9)7-10-11(16)4-5-12(17)13(10)15/h1-6H,7H2. The summed E-state index contributed by atoms with van der Waals surface area (Å²) in [4.78, 5) is 0. The first-order valence-electron chi connectivity index (χ1n) is 4.95. The predicted molar refractivity (Wildman–Crippen MR) is 65.6 cm³/mol. The van der Waals surface area contributed by atoms with Crippen LogP contribution in [0.25, 0.3) is 0 Å². The van der Waals surface area contributed by atoms with Crippen molar-refractivity contribution in [2.24, 2.45) is 0 Å². The monoisotopic (exact) mass is 272 g/mol. The highest BCUT2D eigenvalue weighted by molar-refractivity contribution is 6.31. The van der Waals surface area contributed by atoms with E-state index in [1.165, 1.54) is 0 Å². The summed E-state index contributed by atoms with van der Waals surface area (Å²) >= 11 is 11.6. The molecule has 0 N–H and O–H groups in total. The van der Waals surface area contributed by atoms with Crippen LogP contribution in [0.4, 0.5) is 8.78 Å². The molecule has 0 saturated carbocycles. The van der Waals surface area contributed by atoms with E-state index in [0.29, 0.717) is 5.02 Å². The second kappa shape index (κ2) is 5.03. The highest BCUT2D eigenvalue weighted by Gasteiger charge is 2.12. The van der Waals surface area contributed by atoms with Crippen molar-refractivity contribution in [1.82, 2.24) is 0 Å². The summed E-state index contributed by atoms with van der Waals surface area (Å²) in [6.07, 6.45) is 0.211. The van der Waals surface area contributed by atoms with Crippen LogP contribution in [0.1, 0.15) is 11.1 Å². The molecule has 0 aliphatic carbocycles. The van der Waals surface area contributed by atoms with Crippen molar-refractivity contribution in [2.75, 3.05) is 0 Å². The van der Waals surface area contributed by atoms with E-state index >= 15 is 0 Å². The van der Waals surface area contributed by atoms with Gasteiger partial charge in [-0.2, -0.15) is 0 Å². The van der Waals surface area contributed by atoms with Gasteiger partial charge in [0.2, 0.25) is 0 Å². The lowest BCUT2D eigenvalue weighted by Crippen LogP contribution is -1.96. The first kappa shape index (κ1) is 12.3. The topological polar surface area (TPSA) is 0 Å². The van der Waals surface area contributed by atoms with Gasteiger partial charge in [0.1, 0.15) is 11.6 Å². The molecule has 4 heteroatoms. The van der Waals surface area contributed by atoms with Crippen molar-refractivity contribution in [3.05, 3.63) is 69.2 Å². The Kier molecular flexibility index (Phi) is 3.65. The molecule has 0 bridgehead atoms. The van der Waals surface area contributed by atoms with Gasteiger partial charge in [-0.15, -0.1) is 0 Å². The summed E-state index contributed by atoms with van der Waals surface area (Å²) < 4.78 is 26.7. The van der Waals surface area contributed by atoms with Crippen molar-refractivity contribution in [3.63, 3.8) is 0 Å². The van der Waals surface area contributed by atoms with E-state index in [0.717, 1.165) is 17.7 Å². The van der Waals surface area contributed by atoms with Gasteiger partial charge in [0.05, 0.1) is 5.02 Å². The van der Waals surface area contributed by atoms with Gasteiger partial charge in [-0.05, 0) is 29.8 Å². The summed E-state index contributed by atoms with van der Waals surface area (Å²) in [7, 11) is 0. The molecular formula is C13H8Cl2F2. The molecule has 0 aliphatic heterocycles. The molecule has 0 aromatic heterocycles. The van der Waals surface area contributed by atoms with Gasteiger partial charge in [0, 0.05) is 17.0 Å². The van der Waals surface area contributed by atoms with Crippen LogP contribution >= 0.6 is 23.2 Å². The second-order valence-electron chi connectivity index (χ2n) is 3.63. The zero-order valence-corrected chi connectivity index (χ0v) is 10.2. The van der Waals surface area contributed by atoms with Crippen LogP contribution in [0.3, 0.4) is 0 Å². The molecule has 0 aliphatic rings. The molecule has 0 saturated heterocycles. The summed E-state index contributed by atoms with van der Waals surface area (Å²) in [6, 6.07) is 9.03. The van der Waals surface area contributed by atoms with Gasteiger partial charge in [-0.3, -0.25) is 0 Å². The minimum Gasteiger partial charge on any atom is -0.207 e. The van der Waals surface area contributed by atoms with Gasteiger partial charge in [-0.1, -0.05) is 35.3 Å². The molecule has 0 nitrogen and oxygen atoms in total. The fourth-order valence-corrected chi connectivity index (χ4v) is 2.02. The van der Waals surface area contributed by atoms with E-state index in [4.69, 9.17) is 23.2 Å². The van der Waals surface area contributed by atoms with Crippen LogP contribution in [-0.2, 0) is 6.42 Å². The van der Waals surface area contributed by atoms with Crippen molar-refractivity contribution in [3.8, 4) is 0 Å². The van der Waals surface area contributed by atoms with Crippen molar-refractivity contribution < 1.29 is 8.78 Å².